The minimum Gasteiger partial charge on any atom is -0.339 e. The Hall–Kier alpha value is -1.35. The van der Waals surface area contributed by atoms with E-state index in [2.05, 4.69) is 13.0 Å². The lowest BCUT2D eigenvalue weighted by Crippen LogP contribution is -2.68. The van der Waals surface area contributed by atoms with E-state index in [1.807, 2.05) is 30.0 Å². The van der Waals surface area contributed by atoms with E-state index in [9.17, 15) is 4.79 Å². The molecule has 2 rings (SSSR count). The summed E-state index contributed by atoms with van der Waals surface area (Å²) in [7, 11) is 0. The SMILES string of the molecule is CCC1(N)CN(C(=O)Cc2cccc(C)c2)C1. The van der Waals surface area contributed by atoms with E-state index in [0.717, 1.165) is 12.0 Å². The molecule has 0 saturated carbocycles. The summed E-state index contributed by atoms with van der Waals surface area (Å²) in [5.74, 6) is 0.185. The number of carbonyl (C=O) groups excluding carboxylic acids is 1. The van der Waals surface area contributed by atoms with E-state index >= 15 is 0 Å². The maximum absolute atomic E-state index is 12.0. The number of nitrogens with two attached hydrogens (primary N) is 1. The van der Waals surface area contributed by atoms with Crippen molar-refractivity contribution >= 4 is 5.91 Å². The monoisotopic (exact) mass is 232 g/mol. The molecule has 3 heteroatoms. The van der Waals surface area contributed by atoms with Crippen LogP contribution in [-0.2, 0) is 11.2 Å². The van der Waals surface area contributed by atoms with Gasteiger partial charge in [-0.05, 0) is 18.9 Å². The molecule has 1 aliphatic heterocycles. The number of likely N-dealkylation sites (tertiary alicyclic amines) is 1. The number of hydrogen-bond acceptors (Lipinski definition) is 2. The van der Waals surface area contributed by atoms with Gasteiger partial charge in [0.25, 0.3) is 0 Å². The first-order valence-electron chi connectivity index (χ1n) is 6.15. The summed E-state index contributed by atoms with van der Waals surface area (Å²) >= 11 is 0. The lowest BCUT2D eigenvalue weighted by atomic mass is 9.88. The Morgan fingerprint density at radius 3 is 2.76 bits per heavy atom. The lowest BCUT2D eigenvalue weighted by Gasteiger charge is -2.47. The Morgan fingerprint density at radius 2 is 2.18 bits per heavy atom. The van der Waals surface area contributed by atoms with Crippen molar-refractivity contribution < 1.29 is 4.79 Å². The Bertz CT molecular complexity index is 422. The first-order chi connectivity index (χ1) is 8.02. The van der Waals surface area contributed by atoms with Crippen LogP contribution in [0, 0.1) is 6.92 Å². The first-order valence-corrected chi connectivity index (χ1v) is 6.15. The first kappa shape index (κ1) is 12.1. The molecule has 1 heterocycles. The third-order valence-electron chi connectivity index (χ3n) is 3.51. The van der Waals surface area contributed by atoms with Gasteiger partial charge < -0.3 is 10.6 Å². The third kappa shape index (κ3) is 2.67. The lowest BCUT2D eigenvalue weighted by molar-refractivity contribution is -0.137. The van der Waals surface area contributed by atoms with Crippen LogP contribution in [0.5, 0.6) is 0 Å². The average Bonchev–Trinajstić information content (AvgIpc) is 2.24. The number of rotatable bonds is 3. The van der Waals surface area contributed by atoms with Gasteiger partial charge in [0.1, 0.15) is 0 Å². The molecule has 0 aromatic heterocycles. The van der Waals surface area contributed by atoms with Crippen LogP contribution in [0.15, 0.2) is 24.3 Å². The third-order valence-corrected chi connectivity index (χ3v) is 3.51. The van der Waals surface area contributed by atoms with Crippen LogP contribution in [0.25, 0.3) is 0 Å². The zero-order valence-corrected chi connectivity index (χ0v) is 10.6. The molecule has 1 aromatic rings. The number of nitrogens with zero attached hydrogens (tertiary/aromatic N) is 1. The van der Waals surface area contributed by atoms with E-state index in [1.165, 1.54) is 5.56 Å². The maximum Gasteiger partial charge on any atom is 0.227 e. The molecule has 0 radical (unpaired) electrons. The molecule has 0 atom stereocenters. The molecule has 1 fully saturated rings. The van der Waals surface area contributed by atoms with Gasteiger partial charge in [-0.15, -0.1) is 0 Å². The molecule has 1 aliphatic rings. The minimum absolute atomic E-state index is 0.137. The van der Waals surface area contributed by atoms with Gasteiger partial charge in [-0.1, -0.05) is 36.8 Å². The van der Waals surface area contributed by atoms with Crippen molar-refractivity contribution in [3.63, 3.8) is 0 Å². The molecule has 0 spiro atoms. The second kappa shape index (κ2) is 4.49. The average molecular weight is 232 g/mol. The molecular formula is C14H20N2O. The molecule has 1 saturated heterocycles. The summed E-state index contributed by atoms with van der Waals surface area (Å²) in [6.07, 6.45) is 1.42. The van der Waals surface area contributed by atoms with Crippen LogP contribution in [0.4, 0.5) is 0 Å². The normalized spacial score (nSPS) is 17.7. The minimum atomic E-state index is -0.137. The van der Waals surface area contributed by atoms with E-state index < -0.39 is 0 Å². The number of amides is 1. The van der Waals surface area contributed by atoms with Crippen molar-refractivity contribution in [3.8, 4) is 0 Å². The summed E-state index contributed by atoms with van der Waals surface area (Å²) in [6, 6.07) is 8.10. The van der Waals surface area contributed by atoms with Gasteiger partial charge in [0.2, 0.25) is 5.91 Å². The molecule has 0 aliphatic carbocycles. The van der Waals surface area contributed by atoms with Crippen LogP contribution in [0.1, 0.15) is 24.5 Å². The van der Waals surface area contributed by atoms with Crippen LogP contribution in [0.3, 0.4) is 0 Å². The smallest absolute Gasteiger partial charge is 0.227 e. The second-order valence-corrected chi connectivity index (χ2v) is 5.13. The van der Waals surface area contributed by atoms with Gasteiger partial charge in [-0.25, -0.2) is 0 Å². The van der Waals surface area contributed by atoms with E-state index in [4.69, 9.17) is 5.73 Å². The quantitative estimate of drug-likeness (QED) is 0.858. The van der Waals surface area contributed by atoms with Gasteiger partial charge in [-0.3, -0.25) is 4.79 Å². The number of hydrogen-bond donors (Lipinski definition) is 1. The van der Waals surface area contributed by atoms with Crippen molar-refractivity contribution in [2.45, 2.75) is 32.2 Å². The Balaban J connectivity index is 1.91. The zero-order chi connectivity index (χ0) is 12.5. The zero-order valence-electron chi connectivity index (χ0n) is 10.6. The maximum atomic E-state index is 12.0. The molecule has 1 aromatic carbocycles. The number of aryl methyl sites for hydroxylation is 1. The Labute approximate surface area is 103 Å². The largest absolute Gasteiger partial charge is 0.339 e. The molecule has 0 bridgehead atoms. The molecule has 0 unspecified atom stereocenters. The summed E-state index contributed by atoms with van der Waals surface area (Å²) in [6.45, 7) is 5.52. The van der Waals surface area contributed by atoms with Gasteiger partial charge in [0.05, 0.1) is 12.0 Å². The van der Waals surface area contributed by atoms with E-state index in [-0.39, 0.29) is 11.4 Å². The summed E-state index contributed by atoms with van der Waals surface area (Å²) in [5.41, 5.74) is 8.20. The fourth-order valence-electron chi connectivity index (χ4n) is 2.22. The molecule has 92 valence electrons. The molecular weight excluding hydrogens is 212 g/mol. The highest BCUT2D eigenvalue weighted by molar-refractivity contribution is 5.80. The van der Waals surface area contributed by atoms with Crippen molar-refractivity contribution in [3.05, 3.63) is 35.4 Å². The van der Waals surface area contributed by atoms with Crippen molar-refractivity contribution in [2.24, 2.45) is 5.73 Å². The van der Waals surface area contributed by atoms with Crippen molar-refractivity contribution in [1.29, 1.82) is 0 Å². The number of carbonyl (C=O) groups is 1. The standard InChI is InChI=1S/C14H20N2O/c1-3-14(15)9-16(10-14)13(17)8-12-6-4-5-11(2)7-12/h4-7H,3,8-10,15H2,1-2H3. The predicted molar refractivity (Wildman–Crippen MR) is 68.7 cm³/mol. The fraction of sp³-hybridized carbons (Fsp3) is 0.500. The second-order valence-electron chi connectivity index (χ2n) is 5.13. The summed E-state index contributed by atoms with van der Waals surface area (Å²) < 4.78 is 0. The van der Waals surface area contributed by atoms with Gasteiger partial charge in [0.15, 0.2) is 0 Å². The van der Waals surface area contributed by atoms with Gasteiger partial charge in [0, 0.05) is 13.1 Å². The molecule has 2 N–H and O–H groups in total. The van der Waals surface area contributed by atoms with Gasteiger partial charge in [-0.2, -0.15) is 0 Å². The fourth-order valence-corrected chi connectivity index (χ4v) is 2.22. The molecule has 17 heavy (non-hydrogen) atoms. The van der Waals surface area contributed by atoms with E-state index in [1.54, 1.807) is 0 Å². The Kier molecular flexibility index (Phi) is 3.20. The van der Waals surface area contributed by atoms with E-state index in [0.29, 0.717) is 19.5 Å². The highest BCUT2D eigenvalue weighted by Gasteiger charge is 2.39. The van der Waals surface area contributed by atoms with Gasteiger partial charge >= 0.3 is 0 Å². The van der Waals surface area contributed by atoms with Crippen molar-refractivity contribution in [2.75, 3.05) is 13.1 Å². The van der Waals surface area contributed by atoms with Crippen LogP contribution < -0.4 is 5.73 Å². The highest BCUT2D eigenvalue weighted by Crippen LogP contribution is 2.22. The predicted octanol–water partition coefficient (Wildman–Crippen LogP) is 1.49. The topological polar surface area (TPSA) is 46.3 Å². The van der Waals surface area contributed by atoms with Crippen molar-refractivity contribution in [1.82, 2.24) is 4.90 Å². The molecule has 1 amide bonds. The Morgan fingerprint density at radius 1 is 1.47 bits per heavy atom. The summed E-state index contributed by atoms with van der Waals surface area (Å²) in [4.78, 5) is 13.8. The highest BCUT2D eigenvalue weighted by atomic mass is 16.2. The number of benzene rings is 1. The van der Waals surface area contributed by atoms with Crippen LogP contribution in [-0.4, -0.2) is 29.4 Å². The molecule has 3 nitrogen and oxygen atoms in total. The van der Waals surface area contributed by atoms with Crippen LogP contribution in [0.2, 0.25) is 0 Å². The summed E-state index contributed by atoms with van der Waals surface area (Å²) in [5, 5.41) is 0. The van der Waals surface area contributed by atoms with Crippen LogP contribution >= 0.6 is 0 Å².